The molecule has 1 fully saturated rings. The smallest absolute Gasteiger partial charge is 0.261 e. The summed E-state index contributed by atoms with van der Waals surface area (Å²) >= 11 is 0. The fraction of sp³-hybridized carbons (Fsp3) is 0.417. The molecule has 5 nitrogen and oxygen atoms in total. The zero-order valence-corrected chi connectivity index (χ0v) is 17.2. The molecule has 2 aromatic rings. The second-order valence-electron chi connectivity index (χ2n) is 7.91. The van der Waals surface area contributed by atoms with Crippen molar-refractivity contribution in [2.45, 2.75) is 45.9 Å². The molecule has 1 amide bonds. The summed E-state index contributed by atoms with van der Waals surface area (Å²) in [6, 6.07) is 17.3. The first-order valence-corrected chi connectivity index (χ1v) is 10.3. The third kappa shape index (κ3) is 6.33. The van der Waals surface area contributed by atoms with Gasteiger partial charge in [-0.3, -0.25) is 9.69 Å². The van der Waals surface area contributed by atoms with Crippen LogP contribution in [-0.2, 0) is 17.9 Å². The van der Waals surface area contributed by atoms with Crippen LogP contribution < -0.4 is 10.1 Å². The molecule has 1 saturated heterocycles. The number of nitriles is 1. The van der Waals surface area contributed by atoms with Crippen molar-refractivity contribution in [1.29, 1.82) is 5.26 Å². The molecule has 1 aliphatic rings. The SMILES string of the molecule is CC1CCCN(Cc2ccc(CNC(=O)C(C)Oc3ccc(C#N)cc3)cc2)C1. The number of likely N-dealkylation sites (tertiary alicyclic amines) is 1. The van der Waals surface area contributed by atoms with Crippen LogP contribution in [0.4, 0.5) is 0 Å². The van der Waals surface area contributed by atoms with Crippen LogP contribution in [0.5, 0.6) is 5.75 Å². The lowest BCUT2D eigenvalue weighted by Crippen LogP contribution is -2.35. The molecule has 2 aromatic carbocycles. The van der Waals surface area contributed by atoms with E-state index in [1.54, 1.807) is 31.2 Å². The Bertz CT molecular complexity index is 840. The van der Waals surface area contributed by atoms with Crippen LogP contribution in [0.15, 0.2) is 48.5 Å². The lowest BCUT2D eigenvalue weighted by molar-refractivity contribution is -0.127. The number of hydrogen-bond donors (Lipinski definition) is 1. The Morgan fingerprint density at radius 2 is 1.90 bits per heavy atom. The average molecular weight is 392 g/mol. The zero-order valence-electron chi connectivity index (χ0n) is 17.2. The van der Waals surface area contributed by atoms with Gasteiger partial charge in [0, 0.05) is 19.6 Å². The number of carbonyl (C=O) groups excluding carboxylic acids is 1. The summed E-state index contributed by atoms with van der Waals surface area (Å²) in [6.45, 7) is 7.86. The zero-order chi connectivity index (χ0) is 20.6. The van der Waals surface area contributed by atoms with E-state index in [2.05, 4.69) is 47.5 Å². The van der Waals surface area contributed by atoms with Gasteiger partial charge in [-0.1, -0.05) is 31.2 Å². The fourth-order valence-electron chi connectivity index (χ4n) is 3.65. The van der Waals surface area contributed by atoms with Gasteiger partial charge in [0.1, 0.15) is 5.75 Å². The van der Waals surface area contributed by atoms with Crippen LogP contribution in [-0.4, -0.2) is 30.0 Å². The summed E-state index contributed by atoms with van der Waals surface area (Å²) in [4.78, 5) is 14.8. The van der Waals surface area contributed by atoms with Crippen molar-refractivity contribution in [3.8, 4) is 11.8 Å². The Morgan fingerprint density at radius 1 is 1.21 bits per heavy atom. The first kappa shape index (κ1) is 20.9. The van der Waals surface area contributed by atoms with Crippen molar-refractivity contribution in [2.75, 3.05) is 13.1 Å². The van der Waals surface area contributed by atoms with Gasteiger partial charge in [0.05, 0.1) is 11.6 Å². The number of carbonyl (C=O) groups is 1. The molecule has 1 N–H and O–H groups in total. The van der Waals surface area contributed by atoms with Crippen molar-refractivity contribution in [2.24, 2.45) is 5.92 Å². The largest absolute Gasteiger partial charge is 0.481 e. The molecule has 0 radical (unpaired) electrons. The maximum absolute atomic E-state index is 12.3. The topological polar surface area (TPSA) is 65.4 Å². The summed E-state index contributed by atoms with van der Waals surface area (Å²) in [5.41, 5.74) is 2.94. The standard InChI is InChI=1S/C24H29N3O2/c1-18-4-3-13-27(16-18)17-22-7-5-21(6-8-22)15-26-24(28)19(2)29-23-11-9-20(14-25)10-12-23/h5-12,18-19H,3-4,13,15-17H2,1-2H3,(H,26,28). The molecule has 5 heteroatoms. The highest BCUT2D eigenvalue weighted by Crippen LogP contribution is 2.18. The maximum atomic E-state index is 12.3. The Hall–Kier alpha value is -2.84. The molecule has 1 heterocycles. The van der Waals surface area contributed by atoms with E-state index in [1.807, 2.05) is 0 Å². The van der Waals surface area contributed by atoms with E-state index in [0.717, 1.165) is 18.0 Å². The third-order valence-corrected chi connectivity index (χ3v) is 5.30. The minimum Gasteiger partial charge on any atom is -0.481 e. The minimum atomic E-state index is -0.608. The van der Waals surface area contributed by atoms with E-state index in [-0.39, 0.29) is 5.91 Å². The van der Waals surface area contributed by atoms with Gasteiger partial charge in [-0.25, -0.2) is 0 Å². The summed E-state index contributed by atoms with van der Waals surface area (Å²) in [5, 5.41) is 11.8. The lowest BCUT2D eigenvalue weighted by Gasteiger charge is -2.30. The van der Waals surface area contributed by atoms with Gasteiger partial charge >= 0.3 is 0 Å². The third-order valence-electron chi connectivity index (χ3n) is 5.30. The predicted octanol–water partition coefficient (Wildman–Crippen LogP) is 3.87. The second-order valence-corrected chi connectivity index (χ2v) is 7.91. The highest BCUT2D eigenvalue weighted by atomic mass is 16.5. The van der Waals surface area contributed by atoms with Crippen molar-refractivity contribution >= 4 is 5.91 Å². The molecular formula is C24H29N3O2. The van der Waals surface area contributed by atoms with Crippen LogP contribution in [0.2, 0.25) is 0 Å². The summed E-state index contributed by atoms with van der Waals surface area (Å²) in [5.74, 6) is 1.19. The number of nitrogens with zero attached hydrogens (tertiary/aromatic N) is 2. The van der Waals surface area contributed by atoms with Gasteiger partial charge in [-0.15, -0.1) is 0 Å². The van der Waals surface area contributed by atoms with Crippen molar-refractivity contribution in [1.82, 2.24) is 10.2 Å². The fourth-order valence-corrected chi connectivity index (χ4v) is 3.65. The quantitative estimate of drug-likeness (QED) is 0.778. The Morgan fingerprint density at radius 3 is 2.55 bits per heavy atom. The Balaban J connectivity index is 1.44. The van der Waals surface area contributed by atoms with Crippen molar-refractivity contribution in [3.05, 3.63) is 65.2 Å². The van der Waals surface area contributed by atoms with Crippen molar-refractivity contribution in [3.63, 3.8) is 0 Å². The highest BCUT2D eigenvalue weighted by molar-refractivity contribution is 5.80. The van der Waals surface area contributed by atoms with E-state index in [1.165, 1.54) is 31.5 Å². The van der Waals surface area contributed by atoms with Crippen LogP contribution in [0, 0.1) is 17.2 Å². The van der Waals surface area contributed by atoms with Gasteiger partial charge in [0.15, 0.2) is 6.10 Å². The molecule has 0 bridgehead atoms. The van der Waals surface area contributed by atoms with E-state index in [0.29, 0.717) is 17.9 Å². The van der Waals surface area contributed by atoms with Gasteiger partial charge in [-0.2, -0.15) is 5.26 Å². The number of ether oxygens (including phenoxy) is 1. The molecule has 2 unspecified atom stereocenters. The van der Waals surface area contributed by atoms with Gasteiger partial charge < -0.3 is 10.1 Å². The molecule has 0 saturated carbocycles. The number of hydrogen-bond acceptors (Lipinski definition) is 4. The molecule has 29 heavy (non-hydrogen) atoms. The molecule has 152 valence electrons. The number of amides is 1. The Kier molecular flexibility index (Phi) is 7.26. The molecule has 0 aliphatic carbocycles. The first-order chi connectivity index (χ1) is 14.0. The lowest BCUT2D eigenvalue weighted by atomic mass is 9.99. The molecule has 2 atom stereocenters. The highest BCUT2D eigenvalue weighted by Gasteiger charge is 2.16. The van der Waals surface area contributed by atoms with Crippen molar-refractivity contribution < 1.29 is 9.53 Å². The Labute approximate surface area is 173 Å². The number of piperidine rings is 1. The second kappa shape index (κ2) is 10.1. The van der Waals surface area contributed by atoms with E-state index < -0.39 is 6.10 Å². The molecule has 3 rings (SSSR count). The number of nitrogens with one attached hydrogen (secondary N) is 1. The summed E-state index contributed by atoms with van der Waals surface area (Å²) in [7, 11) is 0. The summed E-state index contributed by atoms with van der Waals surface area (Å²) in [6.07, 6.45) is 2.01. The normalized spacial score (nSPS) is 17.9. The van der Waals surface area contributed by atoms with Gasteiger partial charge in [-0.05, 0) is 67.6 Å². The molecule has 0 spiro atoms. The van der Waals surface area contributed by atoms with Crippen LogP contribution in [0.3, 0.4) is 0 Å². The summed E-state index contributed by atoms with van der Waals surface area (Å²) < 4.78 is 5.65. The van der Waals surface area contributed by atoms with Crippen LogP contribution in [0.25, 0.3) is 0 Å². The first-order valence-electron chi connectivity index (χ1n) is 10.3. The van der Waals surface area contributed by atoms with E-state index in [4.69, 9.17) is 10.00 Å². The monoisotopic (exact) mass is 391 g/mol. The van der Waals surface area contributed by atoms with E-state index >= 15 is 0 Å². The average Bonchev–Trinajstić information content (AvgIpc) is 2.73. The van der Waals surface area contributed by atoms with E-state index in [9.17, 15) is 4.79 Å². The predicted molar refractivity (Wildman–Crippen MR) is 113 cm³/mol. The molecular weight excluding hydrogens is 362 g/mol. The minimum absolute atomic E-state index is 0.166. The molecule has 1 aliphatic heterocycles. The van der Waals surface area contributed by atoms with Crippen LogP contribution >= 0.6 is 0 Å². The van der Waals surface area contributed by atoms with Gasteiger partial charge in [0.25, 0.3) is 5.91 Å². The number of benzene rings is 2. The van der Waals surface area contributed by atoms with Crippen LogP contribution in [0.1, 0.15) is 43.4 Å². The molecule has 0 aromatic heterocycles. The van der Waals surface area contributed by atoms with Gasteiger partial charge in [0.2, 0.25) is 0 Å². The number of rotatable bonds is 7. The maximum Gasteiger partial charge on any atom is 0.261 e.